The highest BCUT2D eigenvalue weighted by atomic mass is 32.1. The van der Waals surface area contributed by atoms with E-state index in [1.54, 1.807) is 0 Å². The first-order valence-corrected chi connectivity index (χ1v) is 17.9. The number of benzene rings is 6. The van der Waals surface area contributed by atoms with Crippen LogP contribution in [0.15, 0.2) is 120 Å². The number of fused-ring (bicyclic) bond motifs is 18. The lowest BCUT2D eigenvalue weighted by Crippen LogP contribution is -2.57. The summed E-state index contributed by atoms with van der Waals surface area (Å²) < 4.78 is 12.4. The molecular weight excluding hydrogens is 603 g/mol. The van der Waals surface area contributed by atoms with Crippen molar-refractivity contribution in [1.29, 1.82) is 0 Å². The van der Waals surface area contributed by atoms with Crippen molar-refractivity contribution in [2.45, 2.75) is 31.2 Å². The summed E-state index contributed by atoms with van der Waals surface area (Å²) in [5.41, 5.74) is 17.1. The number of hydrogen-bond donors (Lipinski definition) is 0. The van der Waals surface area contributed by atoms with Crippen molar-refractivity contribution < 1.29 is 4.42 Å². The Labute approximate surface area is 280 Å². The summed E-state index contributed by atoms with van der Waals surface area (Å²) in [6.45, 7) is 4.97. The van der Waals surface area contributed by atoms with Gasteiger partial charge in [-0.05, 0) is 51.2 Å². The molecule has 6 aromatic carbocycles. The van der Waals surface area contributed by atoms with Gasteiger partial charge in [-0.1, -0.05) is 111 Å². The summed E-state index contributed by atoms with van der Waals surface area (Å²) in [5.74, 6) is 0.353. The fraction of sp³-hybridized carbons (Fsp3) is 0.116. The van der Waals surface area contributed by atoms with Gasteiger partial charge in [0.1, 0.15) is 11.2 Å². The molecule has 3 nitrogen and oxygen atoms in total. The summed E-state index contributed by atoms with van der Waals surface area (Å²) in [4.78, 5) is 2.76. The summed E-state index contributed by atoms with van der Waals surface area (Å²) in [6, 6.07) is 43.7. The van der Waals surface area contributed by atoms with E-state index in [0.717, 1.165) is 11.2 Å². The molecule has 6 heterocycles. The number of nitrogens with zero attached hydrogens (tertiary/aromatic N) is 2. The second-order valence-electron chi connectivity index (χ2n) is 14.8. The Morgan fingerprint density at radius 1 is 0.729 bits per heavy atom. The lowest BCUT2D eigenvalue weighted by atomic mass is 9.45. The third-order valence-electron chi connectivity index (χ3n) is 12.4. The Kier molecular flexibility index (Phi) is 4.08. The standard InChI is InChI=1S/C43H27BN2OS/c1-43(2)29-17-6-3-12-23(29)39-35(43)26-15-10-18-30-38(26)45(39)31-21-28-22-11-4-7-19-32(22)47-41(28)34-25-14-9-16-27-37(25)46(44(30)36(31)34)40-24-13-5-8-20-33(24)48-42(27)40/h3-21,35,39H,1-2H3. The van der Waals surface area contributed by atoms with E-state index in [1.807, 2.05) is 11.3 Å². The Morgan fingerprint density at radius 2 is 1.50 bits per heavy atom. The van der Waals surface area contributed by atoms with Crippen LogP contribution in [0.5, 0.6) is 0 Å². The van der Waals surface area contributed by atoms with Crippen LogP contribution in [0.4, 0.5) is 11.4 Å². The topological polar surface area (TPSA) is 21.3 Å². The molecule has 1 aliphatic carbocycles. The molecule has 0 amide bonds. The van der Waals surface area contributed by atoms with Crippen LogP contribution in [-0.4, -0.2) is 11.3 Å². The van der Waals surface area contributed by atoms with Gasteiger partial charge in [-0.2, -0.15) is 0 Å². The molecule has 3 aliphatic heterocycles. The first-order chi connectivity index (χ1) is 23.6. The monoisotopic (exact) mass is 630 g/mol. The van der Waals surface area contributed by atoms with E-state index in [1.165, 1.54) is 92.1 Å². The van der Waals surface area contributed by atoms with Gasteiger partial charge in [0, 0.05) is 60.2 Å². The van der Waals surface area contributed by atoms with E-state index in [-0.39, 0.29) is 18.3 Å². The van der Waals surface area contributed by atoms with Gasteiger partial charge in [0.15, 0.2) is 0 Å². The van der Waals surface area contributed by atoms with Gasteiger partial charge in [0.05, 0.1) is 16.3 Å². The molecule has 3 aromatic heterocycles. The fourth-order valence-electron chi connectivity index (χ4n) is 10.7. The Morgan fingerprint density at radius 3 is 2.44 bits per heavy atom. The molecule has 9 aromatic rings. The quantitative estimate of drug-likeness (QED) is 0.156. The van der Waals surface area contributed by atoms with Gasteiger partial charge in [0.2, 0.25) is 0 Å². The van der Waals surface area contributed by atoms with Gasteiger partial charge in [-0.15, -0.1) is 11.3 Å². The van der Waals surface area contributed by atoms with Crippen LogP contribution in [-0.2, 0) is 5.41 Å². The van der Waals surface area contributed by atoms with Crippen molar-refractivity contribution in [2.24, 2.45) is 0 Å². The predicted octanol–water partition coefficient (Wildman–Crippen LogP) is 10.1. The maximum absolute atomic E-state index is 6.92. The number of hydrogen-bond acceptors (Lipinski definition) is 3. The normalized spacial score (nSPS) is 19.1. The van der Waals surface area contributed by atoms with Crippen LogP contribution in [0.3, 0.4) is 0 Å². The van der Waals surface area contributed by atoms with E-state index in [0.29, 0.717) is 5.92 Å². The molecule has 0 bridgehead atoms. The molecule has 224 valence electrons. The number of furan rings is 1. The number of para-hydroxylation sites is 3. The van der Waals surface area contributed by atoms with Crippen LogP contribution in [0.1, 0.15) is 42.5 Å². The molecule has 5 heteroatoms. The molecule has 4 aliphatic rings. The number of anilines is 2. The summed E-state index contributed by atoms with van der Waals surface area (Å²) >= 11 is 1.93. The molecule has 0 N–H and O–H groups in total. The Hall–Kier alpha value is -5.26. The second kappa shape index (κ2) is 7.89. The van der Waals surface area contributed by atoms with Crippen molar-refractivity contribution in [1.82, 2.24) is 4.48 Å². The zero-order valence-corrected chi connectivity index (χ0v) is 27.2. The van der Waals surface area contributed by atoms with Crippen molar-refractivity contribution >= 4 is 93.6 Å². The maximum atomic E-state index is 6.92. The van der Waals surface area contributed by atoms with E-state index < -0.39 is 0 Å². The van der Waals surface area contributed by atoms with E-state index >= 15 is 0 Å². The van der Waals surface area contributed by atoms with E-state index in [2.05, 4.69) is 138 Å². The average molecular weight is 631 g/mol. The molecule has 2 unspecified atom stereocenters. The average Bonchev–Trinajstić information content (AvgIpc) is 3.90. The van der Waals surface area contributed by atoms with Gasteiger partial charge in [-0.25, -0.2) is 0 Å². The molecule has 0 spiro atoms. The van der Waals surface area contributed by atoms with Crippen molar-refractivity contribution in [3.8, 4) is 11.1 Å². The highest BCUT2D eigenvalue weighted by Gasteiger charge is 2.58. The smallest absolute Gasteiger partial charge is 0.333 e. The molecule has 0 fully saturated rings. The molecule has 0 radical (unpaired) electrons. The predicted molar refractivity (Wildman–Crippen MR) is 201 cm³/mol. The zero-order valence-electron chi connectivity index (χ0n) is 26.4. The Balaban J connectivity index is 1.27. The molecule has 0 saturated carbocycles. The lowest BCUT2D eigenvalue weighted by molar-refractivity contribution is 0.421. The molecular formula is C43H27BN2OS. The minimum atomic E-state index is -0.000657. The highest BCUT2D eigenvalue weighted by molar-refractivity contribution is 7.27. The number of thiophene rings is 1. The molecule has 0 saturated heterocycles. The maximum Gasteiger partial charge on any atom is 0.333 e. The third-order valence-corrected chi connectivity index (χ3v) is 13.6. The van der Waals surface area contributed by atoms with Gasteiger partial charge in [0.25, 0.3) is 0 Å². The van der Waals surface area contributed by atoms with Crippen LogP contribution in [0, 0.1) is 0 Å². The number of aromatic nitrogens is 1. The first-order valence-electron chi connectivity index (χ1n) is 17.1. The number of rotatable bonds is 0. The minimum absolute atomic E-state index is 0.000657. The summed E-state index contributed by atoms with van der Waals surface area (Å²) in [7, 11) is 0. The van der Waals surface area contributed by atoms with Crippen molar-refractivity contribution in [2.75, 3.05) is 4.90 Å². The lowest BCUT2D eigenvalue weighted by Gasteiger charge is -2.41. The second-order valence-corrected chi connectivity index (χ2v) is 15.8. The zero-order chi connectivity index (χ0) is 31.2. The highest BCUT2D eigenvalue weighted by Crippen LogP contribution is 2.65. The molecule has 13 rings (SSSR count). The van der Waals surface area contributed by atoms with Crippen LogP contribution < -0.4 is 15.8 Å². The summed E-state index contributed by atoms with van der Waals surface area (Å²) in [6.07, 6.45) is 0. The first kappa shape index (κ1) is 24.9. The largest absolute Gasteiger partial charge is 0.455 e. The van der Waals surface area contributed by atoms with Crippen molar-refractivity contribution in [3.05, 3.63) is 132 Å². The minimum Gasteiger partial charge on any atom is -0.455 e. The van der Waals surface area contributed by atoms with E-state index in [9.17, 15) is 0 Å². The van der Waals surface area contributed by atoms with Crippen LogP contribution in [0.25, 0.3) is 64.3 Å². The van der Waals surface area contributed by atoms with Crippen molar-refractivity contribution in [3.63, 3.8) is 0 Å². The van der Waals surface area contributed by atoms with Gasteiger partial charge < -0.3 is 13.8 Å². The van der Waals surface area contributed by atoms with Crippen LogP contribution in [0.2, 0.25) is 0 Å². The molecule has 48 heavy (non-hydrogen) atoms. The van der Waals surface area contributed by atoms with Crippen LogP contribution >= 0.6 is 11.3 Å². The SMILES string of the molecule is CC1(C)c2ccccc2C2C1c1cccc3c1N2c1cc2c(oc4ccccc42)c2c1B3n1c3c-2cccc3c2sc3ccccc3c21. The van der Waals surface area contributed by atoms with Gasteiger partial charge in [-0.3, -0.25) is 0 Å². The summed E-state index contributed by atoms with van der Waals surface area (Å²) in [5, 5.41) is 5.07. The fourth-order valence-corrected chi connectivity index (χ4v) is 11.9. The van der Waals surface area contributed by atoms with Gasteiger partial charge >= 0.3 is 6.85 Å². The molecule has 2 atom stereocenters. The third kappa shape index (κ3) is 2.52. The van der Waals surface area contributed by atoms with E-state index in [4.69, 9.17) is 4.42 Å². The Bertz CT molecular complexity index is 2980.